The molecule has 1 aromatic carbocycles. The van der Waals surface area contributed by atoms with Crippen LogP contribution in [0.5, 0.6) is 5.75 Å². The van der Waals surface area contributed by atoms with Crippen LogP contribution in [-0.4, -0.2) is 10.0 Å². The van der Waals surface area contributed by atoms with Gasteiger partial charge >= 0.3 is 5.69 Å². The largest absolute Gasteiger partial charge is 0.500 e. The van der Waals surface area contributed by atoms with Crippen molar-refractivity contribution < 1.29 is 10.0 Å². The zero-order chi connectivity index (χ0) is 10.0. The van der Waals surface area contributed by atoms with Gasteiger partial charge in [0, 0.05) is 6.07 Å². The lowest BCUT2D eigenvalue weighted by atomic mass is 10.2. The van der Waals surface area contributed by atoms with Crippen molar-refractivity contribution in [2.24, 2.45) is 0 Å². The molecule has 1 rings (SSSR count). The maximum Gasteiger partial charge on any atom is 0.434 e. The number of nitrogens with zero attached hydrogens (tertiary/aromatic N) is 3. The normalized spacial score (nSPS) is 9.23. The topological polar surface area (TPSA) is 91.5 Å². The summed E-state index contributed by atoms with van der Waals surface area (Å²) in [6.45, 7) is 0. The van der Waals surface area contributed by atoms with Crippen LogP contribution in [0.2, 0.25) is 5.02 Å². The fraction of sp³-hybridized carbons (Fsp3) is 0. The van der Waals surface area contributed by atoms with Crippen molar-refractivity contribution in [3.05, 3.63) is 32.2 Å². The summed E-state index contributed by atoms with van der Waals surface area (Å²) in [6.07, 6.45) is 0. The maximum atomic E-state index is 10.3. The second-order valence-corrected chi connectivity index (χ2v) is 2.56. The smallest absolute Gasteiger partial charge is 0.434 e. The SMILES string of the molecule is N#[N+]c1cc([N+](=O)[O-])cc(Cl)c1O. The van der Waals surface area contributed by atoms with E-state index < -0.39 is 10.7 Å². The van der Waals surface area contributed by atoms with E-state index >= 15 is 0 Å². The van der Waals surface area contributed by atoms with Crippen molar-refractivity contribution in [1.29, 1.82) is 5.39 Å². The highest BCUT2D eigenvalue weighted by atomic mass is 35.5. The summed E-state index contributed by atoms with van der Waals surface area (Å²) >= 11 is 5.42. The van der Waals surface area contributed by atoms with Crippen LogP contribution < -0.4 is 0 Å². The Labute approximate surface area is 77.1 Å². The van der Waals surface area contributed by atoms with Crippen LogP contribution in [0.3, 0.4) is 0 Å². The molecule has 0 spiro atoms. The van der Waals surface area contributed by atoms with Gasteiger partial charge in [-0.15, -0.1) is 0 Å². The Hall–Kier alpha value is -1.87. The average molecular weight is 201 g/mol. The minimum absolute atomic E-state index is 0.234. The molecule has 0 atom stereocenters. The molecule has 1 aromatic rings. The summed E-state index contributed by atoms with van der Waals surface area (Å²) in [5, 5.41) is 27.5. The lowest BCUT2D eigenvalue weighted by Gasteiger charge is -1.92. The van der Waals surface area contributed by atoms with Gasteiger partial charge in [0.1, 0.15) is 6.07 Å². The summed E-state index contributed by atoms with van der Waals surface area (Å²) in [5.41, 5.74) is -0.685. The van der Waals surface area contributed by atoms with Crippen LogP contribution in [0.15, 0.2) is 12.1 Å². The number of phenolic OH excluding ortho intramolecular Hbond substituents is 1. The van der Waals surface area contributed by atoms with E-state index in [9.17, 15) is 10.1 Å². The Morgan fingerprint density at radius 2 is 2.23 bits per heavy atom. The molecule has 13 heavy (non-hydrogen) atoms. The zero-order valence-electron chi connectivity index (χ0n) is 6.14. The molecule has 0 aliphatic carbocycles. The first kappa shape index (κ1) is 9.22. The Kier molecular flexibility index (Phi) is 2.30. The zero-order valence-corrected chi connectivity index (χ0v) is 6.89. The monoisotopic (exact) mass is 200 g/mol. The molecule has 0 aliphatic heterocycles. The minimum atomic E-state index is -0.708. The third-order valence-corrected chi connectivity index (χ3v) is 1.63. The number of hydrogen-bond donors (Lipinski definition) is 1. The second kappa shape index (κ2) is 3.25. The van der Waals surface area contributed by atoms with E-state index in [4.69, 9.17) is 22.1 Å². The molecule has 66 valence electrons. The fourth-order valence-electron chi connectivity index (χ4n) is 0.752. The van der Waals surface area contributed by atoms with Crippen LogP contribution in [0.4, 0.5) is 11.4 Å². The third-order valence-electron chi connectivity index (χ3n) is 1.35. The van der Waals surface area contributed by atoms with Crippen molar-refractivity contribution >= 4 is 23.0 Å². The number of rotatable bonds is 1. The molecule has 0 aromatic heterocycles. The van der Waals surface area contributed by atoms with Gasteiger partial charge in [-0.25, -0.2) is 0 Å². The van der Waals surface area contributed by atoms with E-state index in [0.717, 1.165) is 12.1 Å². The first-order valence-electron chi connectivity index (χ1n) is 3.08. The molecule has 1 N–H and O–H groups in total. The first-order valence-corrected chi connectivity index (χ1v) is 3.46. The summed E-state index contributed by atoms with van der Waals surface area (Å²) < 4.78 is 0. The standard InChI is InChI=1S/C6H2ClN3O3/c7-4-1-3(10(12)13)2-5(9-8)6(4)11/h1-2H/p+1. The van der Waals surface area contributed by atoms with Crippen LogP contribution in [0.1, 0.15) is 0 Å². The molecule has 0 amide bonds. The van der Waals surface area contributed by atoms with Crippen LogP contribution in [-0.2, 0) is 0 Å². The Morgan fingerprint density at radius 1 is 1.62 bits per heavy atom. The molecule has 7 heteroatoms. The molecule has 0 radical (unpaired) electrons. The molecular weight excluding hydrogens is 198 g/mol. The molecule has 0 bridgehead atoms. The van der Waals surface area contributed by atoms with E-state index in [0.29, 0.717) is 0 Å². The van der Waals surface area contributed by atoms with Gasteiger partial charge in [0.15, 0.2) is 4.98 Å². The quantitative estimate of drug-likeness (QED) is 0.428. The number of hydrogen-bond acceptors (Lipinski definition) is 4. The van der Waals surface area contributed by atoms with Gasteiger partial charge in [0.2, 0.25) is 11.1 Å². The summed E-state index contributed by atoms with van der Waals surface area (Å²) in [6, 6.07) is 1.87. The maximum absolute atomic E-state index is 10.3. The van der Waals surface area contributed by atoms with Crippen molar-refractivity contribution in [2.45, 2.75) is 0 Å². The lowest BCUT2D eigenvalue weighted by molar-refractivity contribution is -0.384. The number of phenols is 1. The molecule has 6 nitrogen and oxygen atoms in total. The van der Waals surface area contributed by atoms with Crippen LogP contribution in [0, 0.1) is 15.5 Å². The molecule has 0 fully saturated rings. The minimum Gasteiger partial charge on any atom is -0.500 e. The molecule has 0 unspecified atom stereocenters. The van der Waals surface area contributed by atoms with Gasteiger partial charge < -0.3 is 5.11 Å². The van der Waals surface area contributed by atoms with E-state index in [1.165, 1.54) is 0 Å². The lowest BCUT2D eigenvalue weighted by Crippen LogP contribution is -1.87. The molecule has 0 saturated carbocycles. The Balaban J connectivity index is 3.41. The fourth-order valence-corrected chi connectivity index (χ4v) is 0.961. The highest BCUT2D eigenvalue weighted by Crippen LogP contribution is 2.37. The molecular formula is C6H3ClN3O3+. The number of nitro benzene ring substituents is 1. The van der Waals surface area contributed by atoms with Gasteiger partial charge in [-0.3, -0.25) is 10.1 Å². The molecule has 0 heterocycles. The average Bonchev–Trinajstić information content (AvgIpc) is 2.09. The Bertz CT molecular complexity index is 412. The van der Waals surface area contributed by atoms with Crippen molar-refractivity contribution in [2.75, 3.05) is 0 Å². The highest BCUT2D eigenvalue weighted by molar-refractivity contribution is 6.32. The van der Waals surface area contributed by atoms with Gasteiger partial charge in [0.25, 0.3) is 5.69 Å². The molecule has 0 aliphatic rings. The van der Waals surface area contributed by atoms with Gasteiger partial charge in [-0.2, -0.15) is 0 Å². The number of non-ortho nitro benzene ring substituents is 1. The van der Waals surface area contributed by atoms with Crippen molar-refractivity contribution in [3.8, 4) is 5.75 Å². The first-order chi connectivity index (χ1) is 6.06. The predicted molar refractivity (Wildman–Crippen MR) is 44.5 cm³/mol. The number of halogens is 1. The van der Waals surface area contributed by atoms with Gasteiger partial charge in [-0.05, 0) is 0 Å². The second-order valence-electron chi connectivity index (χ2n) is 2.15. The summed E-state index contributed by atoms with van der Waals surface area (Å²) in [7, 11) is 0. The number of nitro groups is 1. The number of benzene rings is 1. The summed E-state index contributed by atoms with van der Waals surface area (Å²) in [4.78, 5) is 12.2. The number of aromatic hydroxyl groups is 1. The highest BCUT2D eigenvalue weighted by Gasteiger charge is 2.23. The van der Waals surface area contributed by atoms with Crippen molar-refractivity contribution in [1.82, 2.24) is 0 Å². The molecule has 0 saturated heterocycles. The van der Waals surface area contributed by atoms with E-state index in [1.807, 2.05) is 0 Å². The Morgan fingerprint density at radius 3 is 2.69 bits per heavy atom. The van der Waals surface area contributed by atoms with Gasteiger partial charge in [0.05, 0.1) is 9.95 Å². The van der Waals surface area contributed by atoms with E-state index in [-0.39, 0.29) is 16.4 Å². The van der Waals surface area contributed by atoms with E-state index in [1.54, 1.807) is 0 Å². The van der Waals surface area contributed by atoms with Crippen LogP contribution in [0.25, 0.3) is 4.98 Å². The van der Waals surface area contributed by atoms with Crippen molar-refractivity contribution in [3.63, 3.8) is 0 Å². The third kappa shape index (κ3) is 1.65. The van der Waals surface area contributed by atoms with Gasteiger partial charge in [-0.1, -0.05) is 11.6 Å². The number of diazo groups is 1. The summed E-state index contributed by atoms with van der Waals surface area (Å²) in [5.74, 6) is -0.491. The predicted octanol–water partition coefficient (Wildman–Crippen LogP) is 2.44. The van der Waals surface area contributed by atoms with E-state index in [2.05, 4.69) is 4.98 Å². The van der Waals surface area contributed by atoms with Crippen LogP contribution >= 0.6 is 11.6 Å².